The van der Waals surface area contributed by atoms with Gasteiger partial charge in [0.15, 0.2) is 11.5 Å². The number of hydrogen-bond acceptors (Lipinski definition) is 4. The van der Waals surface area contributed by atoms with Gasteiger partial charge in [0, 0.05) is 11.8 Å². The molecule has 0 saturated heterocycles. The maximum Gasteiger partial charge on any atom is 0.161 e. The Kier molecular flexibility index (Phi) is 3.01. The Morgan fingerprint density at radius 1 is 1.19 bits per heavy atom. The maximum atomic E-state index is 5.23. The molecule has 0 unspecified atom stereocenters. The van der Waals surface area contributed by atoms with Crippen molar-refractivity contribution in [2.24, 2.45) is 4.99 Å². The van der Waals surface area contributed by atoms with E-state index in [4.69, 9.17) is 21.7 Å². The van der Waals surface area contributed by atoms with Crippen LogP contribution in [0.15, 0.2) is 29.4 Å². The molecule has 0 aromatic heterocycles. The molecule has 1 aliphatic heterocycles. The summed E-state index contributed by atoms with van der Waals surface area (Å²) < 4.78 is 10.4. The van der Waals surface area contributed by atoms with Gasteiger partial charge in [-0.2, -0.15) is 0 Å². The summed E-state index contributed by atoms with van der Waals surface area (Å²) in [6, 6.07) is 5.64. The topological polar surface area (TPSA) is 30.8 Å². The molecule has 0 saturated carbocycles. The first-order valence-corrected chi connectivity index (χ1v) is 5.10. The molecule has 1 aromatic carbocycles. The average Bonchev–Trinajstić information content (AvgIpc) is 2.74. The second-order valence-corrected chi connectivity index (χ2v) is 3.59. The predicted molar refractivity (Wildman–Crippen MR) is 67.6 cm³/mol. The van der Waals surface area contributed by atoms with Gasteiger partial charge in [-0.3, -0.25) is 4.99 Å². The zero-order valence-electron chi connectivity index (χ0n) is 8.98. The van der Waals surface area contributed by atoms with E-state index in [0.717, 1.165) is 11.1 Å². The van der Waals surface area contributed by atoms with Crippen molar-refractivity contribution >= 4 is 28.9 Å². The van der Waals surface area contributed by atoms with Crippen molar-refractivity contribution in [1.82, 2.24) is 0 Å². The van der Waals surface area contributed by atoms with E-state index in [0.29, 0.717) is 16.4 Å². The molecule has 2 rings (SSSR count). The van der Waals surface area contributed by atoms with E-state index < -0.39 is 0 Å². The van der Waals surface area contributed by atoms with Crippen LogP contribution in [-0.2, 0) is 0 Å². The lowest BCUT2D eigenvalue weighted by Crippen LogP contribution is -1.97. The Labute approximate surface area is 99.4 Å². The lowest BCUT2D eigenvalue weighted by atomic mass is 10.0. The first-order valence-electron chi connectivity index (χ1n) is 4.69. The van der Waals surface area contributed by atoms with Gasteiger partial charge in [-0.25, -0.2) is 0 Å². The highest BCUT2D eigenvalue weighted by molar-refractivity contribution is 7.83. The van der Waals surface area contributed by atoms with Crippen LogP contribution in [0.5, 0.6) is 11.5 Å². The average molecular weight is 232 g/mol. The van der Waals surface area contributed by atoms with Gasteiger partial charge >= 0.3 is 0 Å². The summed E-state index contributed by atoms with van der Waals surface area (Å²) in [4.78, 5) is 4.51. The summed E-state index contributed by atoms with van der Waals surface area (Å²) in [6.07, 6.45) is 4.42. The Morgan fingerprint density at radius 3 is 2.50 bits per heavy atom. The van der Waals surface area contributed by atoms with Crippen LogP contribution in [0.3, 0.4) is 0 Å². The molecule has 1 aromatic rings. The van der Waals surface area contributed by atoms with Crippen LogP contribution in [0.1, 0.15) is 5.56 Å². The van der Waals surface area contributed by atoms with Crippen LogP contribution in [0.2, 0.25) is 0 Å². The van der Waals surface area contributed by atoms with Crippen LogP contribution in [0, 0.1) is 0 Å². The van der Waals surface area contributed by atoms with Gasteiger partial charge in [-0.15, -0.1) is 0 Å². The summed E-state index contributed by atoms with van der Waals surface area (Å²) in [7, 11) is 3.21. The van der Waals surface area contributed by atoms with Crippen LogP contribution in [0.4, 0.5) is 0 Å². The monoisotopic (exact) mass is 232 g/mol. The molecule has 81 valence electrons. The predicted octanol–water partition coefficient (Wildman–Crippen LogP) is 2.38. The fraction of sp³-hybridized carbons (Fsp3) is 0.167. The number of benzene rings is 1. The molecule has 1 heterocycles. The summed E-state index contributed by atoms with van der Waals surface area (Å²) in [5, 5.41) is 0. The number of ether oxygens (including phenoxy) is 2. The summed E-state index contributed by atoms with van der Waals surface area (Å²) in [5.74, 6) is 1.37. The van der Waals surface area contributed by atoms with Gasteiger partial charge < -0.3 is 9.47 Å². The molecule has 1 aliphatic rings. The van der Waals surface area contributed by atoms with E-state index in [1.54, 1.807) is 20.4 Å². The number of rotatable bonds is 3. The number of thiocarbonyl (C=S) groups is 1. The highest BCUT2D eigenvalue weighted by Crippen LogP contribution is 2.31. The third kappa shape index (κ3) is 1.84. The van der Waals surface area contributed by atoms with Crippen LogP contribution in [-0.4, -0.2) is 25.3 Å². The van der Waals surface area contributed by atoms with Crippen molar-refractivity contribution in [3.8, 4) is 11.5 Å². The molecule has 3 nitrogen and oxygen atoms in total. The molecule has 0 amide bonds. The molecular weight excluding hydrogens is 222 g/mol. The summed E-state index contributed by atoms with van der Waals surface area (Å²) in [5.41, 5.74) is 1.84. The summed E-state index contributed by atoms with van der Waals surface area (Å²) in [6.45, 7) is 0. The minimum Gasteiger partial charge on any atom is -0.493 e. The zero-order chi connectivity index (χ0) is 11.5. The van der Waals surface area contributed by atoms with Crippen molar-refractivity contribution in [3.63, 3.8) is 0 Å². The highest BCUT2D eigenvalue weighted by Gasteiger charge is 2.13. The number of aliphatic imine (C=N–C) groups is 1. The SMILES string of the molecule is COc1ccc(C2=CN=[C]C2=S)cc1OC. The van der Waals surface area contributed by atoms with Crippen LogP contribution < -0.4 is 9.47 Å². The van der Waals surface area contributed by atoms with Gasteiger partial charge in [-0.05, 0) is 17.7 Å². The standard InChI is InChI=1S/C12H10NO2S/c1-14-10-4-3-8(5-11(10)15-2)9-6-13-7-12(9)16/h3-6H,1-2H3. The fourth-order valence-electron chi connectivity index (χ4n) is 1.48. The molecule has 16 heavy (non-hydrogen) atoms. The normalized spacial score (nSPS) is 13.9. The lowest BCUT2D eigenvalue weighted by molar-refractivity contribution is 0.355. The minimum atomic E-state index is 0.618. The molecule has 0 spiro atoms. The molecule has 0 N–H and O–H groups in total. The highest BCUT2D eigenvalue weighted by atomic mass is 32.1. The number of nitrogens with zero attached hydrogens (tertiary/aromatic N) is 1. The van der Waals surface area contributed by atoms with Crippen molar-refractivity contribution < 1.29 is 9.47 Å². The minimum absolute atomic E-state index is 0.618. The summed E-state index contributed by atoms with van der Waals surface area (Å²) >= 11 is 5.12. The quantitative estimate of drug-likeness (QED) is 0.750. The van der Waals surface area contributed by atoms with E-state index in [2.05, 4.69) is 11.2 Å². The van der Waals surface area contributed by atoms with Gasteiger partial charge in [0.25, 0.3) is 0 Å². The van der Waals surface area contributed by atoms with E-state index in [1.165, 1.54) is 0 Å². The molecule has 4 heteroatoms. The van der Waals surface area contributed by atoms with Crippen molar-refractivity contribution in [1.29, 1.82) is 0 Å². The Balaban J connectivity index is 2.41. The van der Waals surface area contributed by atoms with Gasteiger partial charge in [0.1, 0.15) is 6.21 Å². The first-order chi connectivity index (χ1) is 7.76. The third-order valence-electron chi connectivity index (χ3n) is 2.30. The molecule has 0 bridgehead atoms. The largest absolute Gasteiger partial charge is 0.493 e. The van der Waals surface area contributed by atoms with Crippen molar-refractivity contribution in [2.75, 3.05) is 14.2 Å². The van der Waals surface area contributed by atoms with E-state index in [1.807, 2.05) is 18.2 Å². The number of hydrogen-bond donors (Lipinski definition) is 0. The van der Waals surface area contributed by atoms with Gasteiger partial charge in [0.05, 0.1) is 19.1 Å². The molecule has 1 radical (unpaired) electrons. The molecule has 0 fully saturated rings. The molecule has 0 atom stereocenters. The Bertz CT molecular complexity index is 492. The maximum absolute atomic E-state index is 5.23. The number of methoxy groups -OCH3 is 2. The first kappa shape index (κ1) is 10.8. The Morgan fingerprint density at radius 2 is 1.94 bits per heavy atom. The van der Waals surface area contributed by atoms with Crippen molar-refractivity contribution in [2.45, 2.75) is 0 Å². The van der Waals surface area contributed by atoms with E-state index >= 15 is 0 Å². The van der Waals surface area contributed by atoms with Crippen LogP contribution >= 0.6 is 12.2 Å². The second-order valence-electron chi connectivity index (χ2n) is 3.18. The molecule has 0 aliphatic carbocycles. The van der Waals surface area contributed by atoms with Crippen LogP contribution in [0.25, 0.3) is 5.57 Å². The fourth-order valence-corrected chi connectivity index (χ4v) is 1.71. The lowest BCUT2D eigenvalue weighted by Gasteiger charge is -2.09. The second kappa shape index (κ2) is 4.45. The van der Waals surface area contributed by atoms with E-state index in [9.17, 15) is 0 Å². The Hall–Kier alpha value is -1.68. The van der Waals surface area contributed by atoms with Gasteiger partial charge in [0.2, 0.25) is 0 Å². The third-order valence-corrected chi connectivity index (χ3v) is 2.61. The molecular formula is C12H10NO2S. The zero-order valence-corrected chi connectivity index (χ0v) is 9.80. The van der Waals surface area contributed by atoms with Crippen molar-refractivity contribution in [3.05, 3.63) is 30.0 Å². The number of allylic oxidation sites excluding steroid dienone is 1. The smallest absolute Gasteiger partial charge is 0.161 e. The van der Waals surface area contributed by atoms with Gasteiger partial charge in [-0.1, -0.05) is 18.3 Å². The van der Waals surface area contributed by atoms with E-state index in [-0.39, 0.29) is 0 Å².